The molecule has 0 aliphatic carbocycles. The van der Waals surface area contributed by atoms with E-state index in [9.17, 15) is 4.79 Å². The Labute approximate surface area is 111 Å². The van der Waals surface area contributed by atoms with Gasteiger partial charge in [-0.3, -0.25) is 4.79 Å². The van der Waals surface area contributed by atoms with Crippen LogP contribution in [-0.2, 0) is 11.3 Å². The molecule has 0 aliphatic heterocycles. The summed E-state index contributed by atoms with van der Waals surface area (Å²) in [5, 5.41) is 2.85. The highest BCUT2D eigenvalue weighted by molar-refractivity contribution is 9.10. The van der Waals surface area contributed by atoms with E-state index in [0.717, 1.165) is 10.0 Å². The van der Waals surface area contributed by atoms with Crippen molar-refractivity contribution in [1.82, 2.24) is 5.32 Å². The fraction of sp³-hybridized carbons (Fsp3) is 0.462. The Hall–Kier alpha value is -0.870. The largest absolute Gasteiger partial charge is 0.351 e. The van der Waals surface area contributed by atoms with Crippen LogP contribution in [0.25, 0.3) is 0 Å². The molecule has 1 unspecified atom stereocenters. The van der Waals surface area contributed by atoms with Crippen LogP contribution in [0.3, 0.4) is 0 Å². The first kappa shape index (κ1) is 14.2. The third kappa shape index (κ3) is 4.13. The van der Waals surface area contributed by atoms with Crippen molar-refractivity contribution in [3.05, 3.63) is 34.3 Å². The molecule has 3 nitrogen and oxygen atoms in total. The standard InChI is InChI=1S/C13H19BrN2O/c1-13(2,3)11(15)12(17)16-8-9-6-4-5-7-10(9)14/h4-7,11H,8,15H2,1-3H3,(H,16,17). The number of carbonyl (C=O) groups is 1. The van der Waals surface area contributed by atoms with Crippen molar-refractivity contribution >= 4 is 21.8 Å². The van der Waals surface area contributed by atoms with Gasteiger partial charge in [0, 0.05) is 11.0 Å². The molecule has 0 saturated heterocycles. The quantitative estimate of drug-likeness (QED) is 0.900. The number of benzene rings is 1. The van der Waals surface area contributed by atoms with Crippen LogP contribution in [0.4, 0.5) is 0 Å². The molecule has 1 aromatic rings. The van der Waals surface area contributed by atoms with E-state index in [1.165, 1.54) is 0 Å². The third-order valence-corrected chi connectivity index (χ3v) is 3.40. The van der Waals surface area contributed by atoms with Crippen molar-refractivity contribution in [2.45, 2.75) is 33.4 Å². The number of rotatable bonds is 3. The van der Waals surface area contributed by atoms with Crippen molar-refractivity contribution in [2.24, 2.45) is 11.1 Å². The molecule has 0 aliphatic rings. The van der Waals surface area contributed by atoms with Crippen molar-refractivity contribution in [2.75, 3.05) is 0 Å². The zero-order valence-corrected chi connectivity index (χ0v) is 12.0. The number of amides is 1. The van der Waals surface area contributed by atoms with Gasteiger partial charge < -0.3 is 11.1 Å². The lowest BCUT2D eigenvalue weighted by Crippen LogP contribution is -2.48. The van der Waals surface area contributed by atoms with Gasteiger partial charge in [0.2, 0.25) is 5.91 Å². The lowest BCUT2D eigenvalue weighted by atomic mass is 9.87. The van der Waals surface area contributed by atoms with Gasteiger partial charge in [-0.15, -0.1) is 0 Å². The first-order valence-electron chi connectivity index (χ1n) is 5.59. The molecule has 0 fully saturated rings. The third-order valence-electron chi connectivity index (χ3n) is 2.63. The van der Waals surface area contributed by atoms with Gasteiger partial charge in [0.05, 0.1) is 6.04 Å². The molecule has 94 valence electrons. The van der Waals surface area contributed by atoms with E-state index in [2.05, 4.69) is 21.2 Å². The van der Waals surface area contributed by atoms with Gasteiger partial charge in [0.1, 0.15) is 0 Å². The van der Waals surface area contributed by atoms with E-state index in [0.29, 0.717) is 6.54 Å². The van der Waals surface area contributed by atoms with E-state index >= 15 is 0 Å². The Morgan fingerprint density at radius 1 is 1.41 bits per heavy atom. The summed E-state index contributed by atoms with van der Waals surface area (Å²) >= 11 is 3.44. The maximum atomic E-state index is 11.8. The van der Waals surface area contributed by atoms with Crippen LogP contribution in [0.1, 0.15) is 26.3 Å². The maximum absolute atomic E-state index is 11.8. The summed E-state index contributed by atoms with van der Waals surface area (Å²) in [4.78, 5) is 11.8. The molecule has 0 saturated carbocycles. The van der Waals surface area contributed by atoms with Crippen molar-refractivity contribution < 1.29 is 4.79 Å². The second-order valence-electron chi connectivity index (χ2n) is 5.15. The maximum Gasteiger partial charge on any atom is 0.237 e. The van der Waals surface area contributed by atoms with Gasteiger partial charge in [-0.05, 0) is 17.0 Å². The summed E-state index contributed by atoms with van der Waals surface area (Å²) in [6.07, 6.45) is 0. The SMILES string of the molecule is CC(C)(C)C(N)C(=O)NCc1ccccc1Br. The molecular formula is C13H19BrN2O. The Morgan fingerprint density at radius 2 is 2.00 bits per heavy atom. The number of halogens is 1. The molecule has 4 heteroatoms. The summed E-state index contributed by atoms with van der Waals surface area (Å²) in [6, 6.07) is 7.30. The van der Waals surface area contributed by atoms with Gasteiger partial charge in [-0.1, -0.05) is 54.9 Å². The lowest BCUT2D eigenvalue weighted by Gasteiger charge is -2.25. The molecule has 0 heterocycles. The second kappa shape index (κ2) is 5.65. The highest BCUT2D eigenvalue weighted by atomic mass is 79.9. The average molecular weight is 299 g/mol. The molecular weight excluding hydrogens is 280 g/mol. The molecule has 1 rings (SSSR count). The van der Waals surface area contributed by atoms with Crippen LogP contribution in [-0.4, -0.2) is 11.9 Å². The molecule has 3 N–H and O–H groups in total. The first-order valence-corrected chi connectivity index (χ1v) is 6.38. The summed E-state index contributed by atoms with van der Waals surface area (Å²) in [5.41, 5.74) is 6.69. The minimum Gasteiger partial charge on any atom is -0.351 e. The fourth-order valence-electron chi connectivity index (χ4n) is 1.33. The van der Waals surface area contributed by atoms with Crippen LogP contribution in [0.5, 0.6) is 0 Å². The van der Waals surface area contributed by atoms with Crippen molar-refractivity contribution in [3.63, 3.8) is 0 Å². The Bertz CT molecular complexity index is 399. The molecule has 17 heavy (non-hydrogen) atoms. The minimum absolute atomic E-state index is 0.117. The lowest BCUT2D eigenvalue weighted by molar-refractivity contribution is -0.124. The van der Waals surface area contributed by atoms with Crippen LogP contribution in [0.2, 0.25) is 0 Å². The monoisotopic (exact) mass is 298 g/mol. The van der Waals surface area contributed by atoms with Crippen LogP contribution >= 0.6 is 15.9 Å². The zero-order valence-electron chi connectivity index (χ0n) is 10.5. The fourth-order valence-corrected chi connectivity index (χ4v) is 1.75. The number of hydrogen-bond donors (Lipinski definition) is 2. The topological polar surface area (TPSA) is 55.1 Å². The number of hydrogen-bond acceptors (Lipinski definition) is 2. The molecule has 0 bridgehead atoms. The zero-order chi connectivity index (χ0) is 13.1. The van der Waals surface area contributed by atoms with Crippen LogP contribution in [0.15, 0.2) is 28.7 Å². The Balaban J connectivity index is 2.58. The van der Waals surface area contributed by atoms with Gasteiger partial charge in [0.25, 0.3) is 0 Å². The van der Waals surface area contributed by atoms with Crippen LogP contribution < -0.4 is 11.1 Å². The van der Waals surface area contributed by atoms with E-state index in [1.54, 1.807) is 0 Å². The van der Waals surface area contributed by atoms with Gasteiger partial charge in [-0.2, -0.15) is 0 Å². The number of nitrogens with two attached hydrogens (primary N) is 1. The molecule has 0 aromatic heterocycles. The number of nitrogens with one attached hydrogen (secondary N) is 1. The van der Waals surface area contributed by atoms with E-state index in [-0.39, 0.29) is 11.3 Å². The van der Waals surface area contributed by atoms with E-state index in [1.807, 2.05) is 45.0 Å². The van der Waals surface area contributed by atoms with Gasteiger partial charge in [-0.25, -0.2) is 0 Å². The molecule has 1 amide bonds. The van der Waals surface area contributed by atoms with Crippen molar-refractivity contribution in [1.29, 1.82) is 0 Å². The van der Waals surface area contributed by atoms with Crippen molar-refractivity contribution in [3.8, 4) is 0 Å². The first-order chi connectivity index (χ1) is 7.82. The van der Waals surface area contributed by atoms with Crippen LogP contribution in [0, 0.1) is 5.41 Å². The van der Waals surface area contributed by atoms with E-state index in [4.69, 9.17) is 5.73 Å². The predicted molar refractivity (Wildman–Crippen MR) is 73.4 cm³/mol. The highest BCUT2D eigenvalue weighted by Crippen LogP contribution is 2.18. The number of carbonyl (C=O) groups excluding carboxylic acids is 1. The average Bonchev–Trinajstić information content (AvgIpc) is 2.25. The minimum atomic E-state index is -0.495. The predicted octanol–water partition coefficient (Wildman–Crippen LogP) is 2.44. The Kier molecular flexibility index (Phi) is 4.71. The molecule has 1 atom stereocenters. The summed E-state index contributed by atoms with van der Waals surface area (Å²) < 4.78 is 0.990. The van der Waals surface area contributed by atoms with Gasteiger partial charge in [0.15, 0.2) is 0 Å². The molecule has 1 aromatic carbocycles. The molecule has 0 radical (unpaired) electrons. The second-order valence-corrected chi connectivity index (χ2v) is 6.01. The van der Waals surface area contributed by atoms with Gasteiger partial charge >= 0.3 is 0 Å². The summed E-state index contributed by atoms with van der Waals surface area (Å²) in [5.74, 6) is -0.117. The van der Waals surface area contributed by atoms with E-state index < -0.39 is 6.04 Å². The molecule has 0 spiro atoms. The summed E-state index contributed by atoms with van der Waals surface area (Å²) in [7, 11) is 0. The normalized spacial score (nSPS) is 13.2. The smallest absolute Gasteiger partial charge is 0.237 e. The summed E-state index contributed by atoms with van der Waals surface area (Å²) in [6.45, 7) is 6.35. The highest BCUT2D eigenvalue weighted by Gasteiger charge is 2.27. The Morgan fingerprint density at radius 3 is 2.53 bits per heavy atom.